The molecule has 0 aromatic heterocycles. The van der Waals surface area contributed by atoms with Gasteiger partial charge in [0.05, 0.1) is 7.11 Å². The van der Waals surface area contributed by atoms with Crippen molar-refractivity contribution in [2.75, 3.05) is 12.8 Å². The summed E-state index contributed by atoms with van der Waals surface area (Å²) in [6.07, 6.45) is 0.354. The van der Waals surface area contributed by atoms with Gasteiger partial charge in [0.15, 0.2) is 0 Å². The normalized spacial score (nSPS) is 11.3. The number of methoxy groups -OCH3 is 1. The summed E-state index contributed by atoms with van der Waals surface area (Å²) in [5, 5.41) is 0. The Morgan fingerprint density at radius 3 is 2.47 bits per heavy atom. The number of hydrogen-bond donors (Lipinski definition) is 1. The van der Waals surface area contributed by atoms with E-state index in [4.69, 9.17) is 11.5 Å². The Balaban J connectivity index is 0.00000196. The van der Waals surface area contributed by atoms with E-state index in [2.05, 4.69) is 4.74 Å². The first-order valence-corrected chi connectivity index (χ1v) is 4.27. The summed E-state index contributed by atoms with van der Waals surface area (Å²) in [7, 11) is 1.28. The number of ether oxygens (including phenoxy) is 1. The van der Waals surface area contributed by atoms with Gasteiger partial charge in [-0.2, -0.15) is 0 Å². The van der Waals surface area contributed by atoms with Crippen LogP contribution in [0.15, 0.2) is 24.3 Å². The van der Waals surface area contributed by atoms with Crippen LogP contribution in [-0.2, 0) is 37.0 Å². The molecule has 1 aromatic rings. The number of nitrogens with one attached hydrogen (secondary N) is 1. The maximum atomic E-state index is 10.9. The minimum atomic E-state index is -0.858. The van der Waals surface area contributed by atoms with Crippen LogP contribution >= 0.6 is 0 Å². The maximum Gasteiger partial charge on any atom is 0.287 e. The third kappa shape index (κ3) is 4.45. The van der Waals surface area contributed by atoms with Crippen molar-refractivity contribution >= 4 is 11.7 Å². The van der Waals surface area contributed by atoms with Crippen molar-refractivity contribution < 1.29 is 30.6 Å². The fourth-order valence-electron chi connectivity index (χ4n) is 1.12. The molecule has 0 aliphatic heterocycles. The number of nitrogen functional groups attached to an aromatic ring is 1. The van der Waals surface area contributed by atoms with Crippen LogP contribution in [0.3, 0.4) is 0 Å². The van der Waals surface area contributed by atoms with Crippen molar-refractivity contribution in [1.82, 2.24) is 0 Å². The molecule has 1 unspecified atom stereocenters. The van der Waals surface area contributed by atoms with Gasteiger partial charge in [0.25, 0.3) is 5.97 Å². The number of carbonyl (C=O) groups is 1. The van der Waals surface area contributed by atoms with E-state index in [1.807, 2.05) is 0 Å². The summed E-state index contributed by atoms with van der Waals surface area (Å²) in [6, 6.07) is 6.25. The van der Waals surface area contributed by atoms with Crippen molar-refractivity contribution in [2.45, 2.75) is 12.5 Å². The molecule has 0 aliphatic carbocycles. The monoisotopic (exact) mass is 377 g/mol. The van der Waals surface area contributed by atoms with Crippen LogP contribution in [0, 0.1) is 0 Å². The Morgan fingerprint density at radius 1 is 1.47 bits per heavy atom. The third-order valence-corrected chi connectivity index (χ3v) is 1.91. The molecule has 82 valence electrons. The number of benzene rings is 1. The molecular formula is C10H13N2O2W-. The molecule has 0 bridgehead atoms. The molecule has 5 heteroatoms. The molecule has 1 aromatic carbocycles. The summed E-state index contributed by atoms with van der Waals surface area (Å²) in [5.74, 6) is -0.512. The Labute approximate surface area is 103 Å². The van der Waals surface area contributed by atoms with Crippen LogP contribution in [0.5, 0.6) is 0 Å². The summed E-state index contributed by atoms with van der Waals surface area (Å²) in [6.45, 7) is 0. The van der Waals surface area contributed by atoms with Gasteiger partial charge in [-0.15, -0.1) is 0 Å². The summed E-state index contributed by atoms with van der Waals surface area (Å²) >= 11 is 0. The average Bonchev–Trinajstić information content (AvgIpc) is 2.20. The predicted molar refractivity (Wildman–Crippen MR) is 54.7 cm³/mol. The Kier molecular flexibility index (Phi) is 6.21. The van der Waals surface area contributed by atoms with E-state index in [1.165, 1.54) is 7.11 Å². The number of rotatable bonds is 3. The molecule has 1 rings (SSSR count). The van der Waals surface area contributed by atoms with Crippen LogP contribution in [0.25, 0.3) is 5.73 Å². The fraction of sp³-hybridized carbons (Fsp3) is 0.300. The van der Waals surface area contributed by atoms with E-state index in [9.17, 15) is 4.79 Å². The first kappa shape index (κ1) is 14.1. The quantitative estimate of drug-likeness (QED) is 0.639. The standard InChI is InChI=1S/C10H13N2O2.W/c1-14-10(13)9(12)6-7-2-4-8(11)5-3-7;/h2-5,9,12H,6,11H2,1H3;/q-1;. The molecule has 0 fully saturated rings. The van der Waals surface area contributed by atoms with Gasteiger partial charge >= 0.3 is 0 Å². The van der Waals surface area contributed by atoms with Gasteiger partial charge in [0.2, 0.25) is 0 Å². The molecule has 0 amide bonds. The summed E-state index contributed by atoms with van der Waals surface area (Å²) in [4.78, 5) is 10.9. The van der Waals surface area contributed by atoms with Crippen molar-refractivity contribution in [2.24, 2.45) is 0 Å². The van der Waals surface area contributed by atoms with E-state index in [0.29, 0.717) is 12.1 Å². The van der Waals surface area contributed by atoms with E-state index in [1.54, 1.807) is 24.3 Å². The molecule has 0 saturated heterocycles. The molecule has 4 nitrogen and oxygen atoms in total. The number of anilines is 1. The maximum absolute atomic E-state index is 10.9. The Morgan fingerprint density at radius 2 is 2.00 bits per heavy atom. The molecule has 0 aliphatic rings. The van der Waals surface area contributed by atoms with Gasteiger partial charge in [0.1, 0.15) is 0 Å². The molecule has 0 spiro atoms. The molecule has 1 atom stereocenters. The van der Waals surface area contributed by atoms with E-state index in [-0.39, 0.29) is 21.1 Å². The Bertz CT molecular complexity index is 314. The van der Waals surface area contributed by atoms with Gasteiger partial charge in [0, 0.05) is 26.8 Å². The van der Waals surface area contributed by atoms with Crippen molar-refractivity contribution in [3.05, 3.63) is 35.6 Å². The minimum absolute atomic E-state index is 0. The first-order chi connectivity index (χ1) is 6.63. The molecule has 0 radical (unpaired) electrons. The summed E-state index contributed by atoms with van der Waals surface area (Å²) < 4.78 is 4.46. The molecule has 3 N–H and O–H groups in total. The average molecular weight is 377 g/mol. The number of carbonyl (C=O) groups excluding carboxylic acids is 1. The van der Waals surface area contributed by atoms with Crippen LogP contribution in [0.2, 0.25) is 0 Å². The molecule has 0 saturated carbocycles. The summed E-state index contributed by atoms with van der Waals surface area (Å²) in [5.41, 5.74) is 14.5. The number of hydrogen-bond acceptors (Lipinski definition) is 3. The first-order valence-electron chi connectivity index (χ1n) is 4.27. The van der Waals surface area contributed by atoms with Crippen molar-refractivity contribution in [1.29, 1.82) is 0 Å². The van der Waals surface area contributed by atoms with Gasteiger partial charge < -0.3 is 16.2 Å². The Hall–Kier alpha value is -0.862. The number of esters is 1. The third-order valence-electron chi connectivity index (χ3n) is 1.91. The van der Waals surface area contributed by atoms with Crippen LogP contribution in [-0.4, -0.2) is 19.1 Å². The molecule has 0 heterocycles. The van der Waals surface area contributed by atoms with Gasteiger partial charge in [-0.25, -0.2) is 0 Å². The predicted octanol–water partition coefficient (Wildman–Crippen LogP) is 1.40. The largest absolute Gasteiger partial charge is 0.665 e. The molecular weight excluding hydrogens is 364 g/mol. The van der Waals surface area contributed by atoms with Crippen molar-refractivity contribution in [3.8, 4) is 0 Å². The zero-order chi connectivity index (χ0) is 10.6. The topological polar surface area (TPSA) is 76.1 Å². The second-order valence-corrected chi connectivity index (χ2v) is 3.02. The smallest absolute Gasteiger partial charge is 0.287 e. The second kappa shape index (κ2) is 6.59. The van der Waals surface area contributed by atoms with Crippen LogP contribution < -0.4 is 5.73 Å². The number of nitrogens with two attached hydrogens (primary N) is 1. The van der Waals surface area contributed by atoms with Gasteiger partial charge in [-0.05, 0) is 30.2 Å². The zero-order valence-corrected chi connectivity index (χ0v) is 11.3. The SMILES string of the molecule is COC(=O)C([NH-])Cc1ccc(N)cc1.[W]. The van der Waals surface area contributed by atoms with Crippen LogP contribution in [0.1, 0.15) is 5.56 Å². The van der Waals surface area contributed by atoms with Gasteiger partial charge in [-0.1, -0.05) is 12.1 Å². The minimum Gasteiger partial charge on any atom is -0.665 e. The fourth-order valence-corrected chi connectivity index (χ4v) is 1.12. The van der Waals surface area contributed by atoms with E-state index in [0.717, 1.165) is 5.56 Å². The van der Waals surface area contributed by atoms with E-state index >= 15 is 0 Å². The second-order valence-electron chi connectivity index (χ2n) is 3.02. The van der Waals surface area contributed by atoms with Crippen LogP contribution in [0.4, 0.5) is 5.69 Å². The van der Waals surface area contributed by atoms with Gasteiger partial charge in [-0.3, -0.25) is 4.79 Å². The zero-order valence-electron chi connectivity index (χ0n) is 8.40. The molecule has 15 heavy (non-hydrogen) atoms. The van der Waals surface area contributed by atoms with Crippen molar-refractivity contribution in [3.63, 3.8) is 0 Å². The van der Waals surface area contributed by atoms with E-state index < -0.39 is 12.0 Å².